The molecule has 3 rings (SSSR count). The van der Waals surface area contributed by atoms with Crippen LogP contribution in [-0.2, 0) is 4.79 Å². The van der Waals surface area contributed by atoms with Crippen LogP contribution in [0, 0.1) is 0 Å². The van der Waals surface area contributed by atoms with Crippen LogP contribution in [0.15, 0.2) is 47.6 Å². The SMILES string of the molecule is COc1ccc(C2CC(C(=O)N/N=C/c3cccc(Cl)c3Cl)NN2)cc1. The second-order valence-electron chi connectivity index (χ2n) is 5.78. The highest BCUT2D eigenvalue weighted by atomic mass is 35.5. The average Bonchev–Trinajstić information content (AvgIpc) is 3.15. The molecule has 6 nitrogen and oxygen atoms in total. The fourth-order valence-corrected chi connectivity index (χ4v) is 3.00. The summed E-state index contributed by atoms with van der Waals surface area (Å²) in [7, 11) is 1.63. The van der Waals surface area contributed by atoms with Gasteiger partial charge in [0.15, 0.2) is 0 Å². The van der Waals surface area contributed by atoms with E-state index in [0.717, 1.165) is 11.3 Å². The predicted molar refractivity (Wildman–Crippen MR) is 103 cm³/mol. The summed E-state index contributed by atoms with van der Waals surface area (Å²) in [6.07, 6.45) is 2.07. The first-order valence-corrected chi connectivity index (χ1v) is 8.76. The lowest BCUT2D eigenvalue weighted by molar-refractivity contribution is -0.122. The van der Waals surface area contributed by atoms with Crippen molar-refractivity contribution < 1.29 is 9.53 Å². The minimum atomic E-state index is -0.394. The van der Waals surface area contributed by atoms with Gasteiger partial charge in [-0.15, -0.1) is 0 Å². The number of halogens is 2. The molecule has 0 spiro atoms. The third kappa shape index (κ3) is 4.34. The number of amides is 1. The van der Waals surface area contributed by atoms with Gasteiger partial charge in [-0.25, -0.2) is 16.3 Å². The highest BCUT2D eigenvalue weighted by molar-refractivity contribution is 6.43. The number of carbonyl (C=O) groups excluding carboxylic acids is 1. The van der Waals surface area contributed by atoms with Gasteiger partial charge in [0.2, 0.25) is 0 Å². The number of hydrazine groups is 1. The zero-order valence-electron chi connectivity index (χ0n) is 14.0. The summed E-state index contributed by atoms with van der Waals surface area (Å²) in [5.41, 5.74) is 10.3. The molecule has 0 aliphatic carbocycles. The highest BCUT2D eigenvalue weighted by Crippen LogP contribution is 2.25. The van der Waals surface area contributed by atoms with Gasteiger partial charge in [0, 0.05) is 11.6 Å². The van der Waals surface area contributed by atoms with E-state index in [9.17, 15) is 4.79 Å². The smallest absolute Gasteiger partial charge is 0.258 e. The van der Waals surface area contributed by atoms with Crippen LogP contribution >= 0.6 is 23.2 Å². The molecule has 8 heteroatoms. The average molecular weight is 393 g/mol. The standard InChI is InChI=1S/C18H18Cl2N4O2/c1-26-13-7-5-11(6-8-13)15-9-16(23-22-15)18(25)24-21-10-12-3-2-4-14(19)17(12)20/h2-8,10,15-16,22-23H,9H2,1H3,(H,24,25)/b21-10+. The van der Waals surface area contributed by atoms with E-state index < -0.39 is 6.04 Å². The van der Waals surface area contributed by atoms with Gasteiger partial charge in [-0.1, -0.05) is 47.5 Å². The molecule has 0 aromatic heterocycles. The van der Waals surface area contributed by atoms with E-state index in [1.807, 2.05) is 24.3 Å². The summed E-state index contributed by atoms with van der Waals surface area (Å²) in [6, 6.07) is 12.6. The number of nitrogens with zero attached hydrogens (tertiary/aromatic N) is 1. The molecule has 1 heterocycles. The first kappa shape index (κ1) is 18.7. The molecule has 26 heavy (non-hydrogen) atoms. The fourth-order valence-electron chi connectivity index (χ4n) is 2.65. The lowest BCUT2D eigenvalue weighted by atomic mass is 10.0. The topological polar surface area (TPSA) is 74.8 Å². The first-order valence-electron chi connectivity index (χ1n) is 8.00. The molecular weight excluding hydrogens is 375 g/mol. The molecule has 2 atom stereocenters. The predicted octanol–water partition coefficient (Wildman–Crippen LogP) is 3.06. The van der Waals surface area contributed by atoms with Crippen LogP contribution in [-0.4, -0.2) is 25.3 Å². The summed E-state index contributed by atoms with van der Waals surface area (Å²) >= 11 is 12.0. The molecular formula is C18H18Cl2N4O2. The number of carbonyl (C=O) groups is 1. The maximum atomic E-state index is 12.3. The Labute approximate surface area is 161 Å². The minimum Gasteiger partial charge on any atom is -0.497 e. The lowest BCUT2D eigenvalue weighted by Crippen LogP contribution is -2.41. The van der Waals surface area contributed by atoms with Crippen LogP contribution in [0.2, 0.25) is 10.0 Å². The van der Waals surface area contributed by atoms with Gasteiger partial charge in [0.25, 0.3) is 5.91 Å². The number of methoxy groups -OCH3 is 1. The van der Waals surface area contributed by atoms with Crippen LogP contribution in [0.5, 0.6) is 5.75 Å². The molecule has 1 aliphatic rings. The normalized spacial score (nSPS) is 19.7. The van der Waals surface area contributed by atoms with Crippen molar-refractivity contribution in [2.75, 3.05) is 7.11 Å². The Balaban J connectivity index is 1.55. The molecule has 0 bridgehead atoms. The summed E-state index contributed by atoms with van der Waals surface area (Å²) in [5.74, 6) is 0.561. The largest absolute Gasteiger partial charge is 0.497 e. The van der Waals surface area contributed by atoms with Crippen molar-refractivity contribution in [1.29, 1.82) is 0 Å². The molecule has 2 aromatic carbocycles. The fraction of sp³-hybridized carbons (Fsp3) is 0.222. The number of benzene rings is 2. The second kappa shape index (κ2) is 8.51. The minimum absolute atomic E-state index is 0.0306. The van der Waals surface area contributed by atoms with Crippen molar-refractivity contribution in [3.8, 4) is 5.75 Å². The van der Waals surface area contributed by atoms with Crippen molar-refractivity contribution >= 4 is 35.3 Å². The van der Waals surface area contributed by atoms with Crippen molar-refractivity contribution in [3.05, 3.63) is 63.6 Å². The van der Waals surface area contributed by atoms with Crippen molar-refractivity contribution in [1.82, 2.24) is 16.3 Å². The molecule has 2 aromatic rings. The van der Waals surface area contributed by atoms with Crippen LogP contribution < -0.4 is 21.0 Å². The molecule has 1 fully saturated rings. The maximum absolute atomic E-state index is 12.3. The van der Waals surface area contributed by atoms with Crippen molar-refractivity contribution in [3.63, 3.8) is 0 Å². The van der Waals surface area contributed by atoms with E-state index in [-0.39, 0.29) is 11.9 Å². The van der Waals surface area contributed by atoms with Crippen molar-refractivity contribution in [2.24, 2.45) is 5.10 Å². The van der Waals surface area contributed by atoms with Gasteiger partial charge in [-0.3, -0.25) is 4.79 Å². The van der Waals surface area contributed by atoms with Crippen LogP contribution in [0.3, 0.4) is 0 Å². The number of hydrogen-bond donors (Lipinski definition) is 3. The Hall–Kier alpha value is -2.12. The summed E-state index contributed by atoms with van der Waals surface area (Å²) in [6.45, 7) is 0. The highest BCUT2D eigenvalue weighted by Gasteiger charge is 2.30. The third-order valence-electron chi connectivity index (χ3n) is 4.10. The van der Waals surface area contributed by atoms with Crippen LogP contribution in [0.4, 0.5) is 0 Å². The van der Waals surface area contributed by atoms with E-state index in [2.05, 4.69) is 21.4 Å². The molecule has 2 unspecified atom stereocenters. The van der Waals surface area contributed by atoms with E-state index in [1.54, 1.807) is 25.3 Å². The Bertz CT molecular complexity index is 811. The van der Waals surface area contributed by atoms with Gasteiger partial charge in [-0.2, -0.15) is 5.10 Å². The molecule has 3 N–H and O–H groups in total. The number of rotatable bonds is 5. The molecule has 1 saturated heterocycles. The zero-order valence-corrected chi connectivity index (χ0v) is 15.5. The van der Waals surface area contributed by atoms with Gasteiger partial charge in [0.05, 0.1) is 23.4 Å². The second-order valence-corrected chi connectivity index (χ2v) is 6.57. The van der Waals surface area contributed by atoms with E-state index in [0.29, 0.717) is 22.0 Å². The monoisotopic (exact) mass is 392 g/mol. The number of ether oxygens (including phenoxy) is 1. The molecule has 1 amide bonds. The van der Waals surface area contributed by atoms with Crippen LogP contribution in [0.25, 0.3) is 0 Å². The lowest BCUT2D eigenvalue weighted by Gasteiger charge is -2.10. The number of hydrazone groups is 1. The Kier molecular flexibility index (Phi) is 6.11. The Morgan fingerprint density at radius 3 is 2.73 bits per heavy atom. The summed E-state index contributed by atoms with van der Waals surface area (Å²) < 4.78 is 5.15. The number of hydrogen-bond acceptors (Lipinski definition) is 5. The van der Waals surface area contributed by atoms with Gasteiger partial charge >= 0.3 is 0 Å². The quantitative estimate of drug-likeness (QED) is 0.539. The molecule has 1 aliphatic heterocycles. The van der Waals surface area contributed by atoms with E-state index in [4.69, 9.17) is 27.9 Å². The zero-order chi connectivity index (χ0) is 18.5. The van der Waals surface area contributed by atoms with Gasteiger partial charge in [-0.05, 0) is 30.2 Å². The molecule has 136 valence electrons. The first-order chi connectivity index (χ1) is 12.6. The maximum Gasteiger partial charge on any atom is 0.258 e. The Morgan fingerprint density at radius 1 is 1.23 bits per heavy atom. The number of nitrogens with one attached hydrogen (secondary N) is 3. The third-order valence-corrected chi connectivity index (χ3v) is 4.93. The summed E-state index contributed by atoms with van der Waals surface area (Å²) in [5, 5.41) is 4.79. The Morgan fingerprint density at radius 2 is 2.00 bits per heavy atom. The van der Waals surface area contributed by atoms with Gasteiger partial charge < -0.3 is 4.74 Å². The molecule has 0 saturated carbocycles. The van der Waals surface area contributed by atoms with Gasteiger partial charge in [0.1, 0.15) is 11.8 Å². The van der Waals surface area contributed by atoms with Crippen LogP contribution in [0.1, 0.15) is 23.6 Å². The van der Waals surface area contributed by atoms with E-state index >= 15 is 0 Å². The molecule has 0 radical (unpaired) electrons. The van der Waals surface area contributed by atoms with E-state index in [1.165, 1.54) is 6.21 Å². The van der Waals surface area contributed by atoms with Crippen molar-refractivity contribution in [2.45, 2.75) is 18.5 Å². The summed E-state index contributed by atoms with van der Waals surface area (Å²) in [4.78, 5) is 12.3.